The number of hydrogen-bond acceptors (Lipinski definition) is 2. The number of carbonyl (C=O) groups is 1. The second-order valence-corrected chi connectivity index (χ2v) is 5.37. The van der Waals surface area contributed by atoms with E-state index >= 15 is 0 Å². The number of benzene rings is 1. The predicted molar refractivity (Wildman–Crippen MR) is 77.8 cm³/mol. The van der Waals surface area contributed by atoms with Crippen LogP contribution in [0.2, 0.25) is 10.0 Å². The lowest BCUT2D eigenvalue weighted by molar-refractivity contribution is -0.704. The van der Waals surface area contributed by atoms with E-state index in [0.29, 0.717) is 22.3 Å². The third kappa shape index (κ3) is 5.37. The van der Waals surface area contributed by atoms with Gasteiger partial charge in [-0.3, -0.25) is 4.79 Å². The Bertz CT molecular complexity index is 441. The van der Waals surface area contributed by atoms with Crippen molar-refractivity contribution in [1.29, 1.82) is 0 Å². The molecule has 6 heteroatoms. The summed E-state index contributed by atoms with van der Waals surface area (Å²) in [6.45, 7) is 4.43. The maximum Gasteiger partial charge on any atom is 0.282 e. The molecule has 1 aromatic carbocycles. The van der Waals surface area contributed by atoms with Crippen LogP contribution in [-0.2, 0) is 9.53 Å². The third-order valence-corrected chi connectivity index (χ3v) is 3.21. The number of hydrogen-bond donors (Lipinski definition) is 2. The van der Waals surface area contributed by atoms with E-state index < -0.39 is 0 Å². The number of nitrogens with one attached hydrogen (secondary N) is 1. The van der Waals surface area contributed by atoms with Crippen LogP contribution in [0.15, 0.2) is 18.2 Å². The summed E-state index contributed by atoms with van der Waals surface area (Å²) in [4.78, 5) is 12.0. The number of rotatable bonds is 6. The molecule has 19 heavy (non-hydrogen) atoms. The summed E-state index contributed by atoms with van der Waals surface area (Å²) < 4.78 is 5.04. The minimum atomic E-state index is -0.236. The van der Waals surface area contributed by atoms with Crippen molar-refractivity contribution >= 4 is 34.8 Å². The van der Waals surface area contributed by atoms with Gasteiger partial charge in [0.2, 0.25) is 0 Å². The first-order valence-corrected chi connectivity index (χ1v) is 6.79. The van der Waals surface area contributed by atoms with Crippen molar-refractivity contribution in [3.63, 3.8) is 0 Å². The van der Waals surface area contributed by atoms with Crippen LogP contribution in [0.1, 0.15) is 13.8 Å². The van der Waals surface area contributed by atoms with Crippen LogP contribution < -0.4 is 10.6 Å². The summed E-state index contributed by atoms with van der Waals surface area (Å²) in [5, 5.41) is 5.71. The van der Waals surface area contributed by atoms with Crippen molar-refractivity contribution in [2.45, 2.75) is 25.9 Å². The van der Waals surface area contributed by atoms with E-state index in [1.54, 1.807) is 25.3 Å². The van der Waals surface area contributed by atoms with Crippen LogP contribution in [0, 0.1) is 0 Å². The van der Waals surface area contributed by atoms with E-state index in [-0.39, 0.29) is 18.0 Å². The van der Waals surface area contributed by atoms with Crippen molar-refractivity contribution < 1.29 is 14.8 Å². The molecule has 0 saturated heterocycles. The van der Waals surface area contributed by atoms with E-state index in [0.717, 1.165) is 0 Å². The molecule has 1 rings (SSSR count). The average Bonchev–Trinajstić information content (AvgIpc) is 2.34. The topological polar surface area (TPSA) is 54.9 Å². The van der Waals surface area contributed by atoms with Gasteiger partial charge in [0.05, 0.1) is 17.3 Å². The normalized spacial score (nSPS) is 13.9. The van der Waals surface area contributed by atoms with Crippen molar-refractivity contribution in [2.75, 3.05) is 19.0 Å². The van der Waals surface area contributed by atoms with Crippen molar-refractivity contribution in [2.24, 2.45) is 0 Å². The first-order valence-electron chi connectivity index (χ1n) is 6.04. The Hall–Kier alpha value is -0.810. The Balaban J connectivity index is 2.61. The lowest BCUT2D eigenvalue weighted by Crippen LogP contribution is -2.96. The van der Waals surface area contributed by atoms with Gasteiger partial charge in [0, 0.05) is 12.1 Å². The second-order valence-electron chi connectivity index (χ2n) is 4.53. The second kappa shape index (κ2) is 7.70. The number of methoxy groups -OCH3 is 1. The highest BCUT2D eigenvalue weighted by molar-refractivity contribution is 6.35. The van der Waals surface area contributed by atoms with E-state index in [9.17, 15) is 4.79 Å². The summed E-state index contributed by atoms with van der Waals surface area (Å²) in [5.74, 6) is -0.118. The summed E-state index contributed by atoms with van der Waals surface area (Å²) in [7, 11) is 1.64. The predicted octanol–water partition coefficient (Wildman–Crippen LogP) is 1.92. The van der Waals surface area contributed by atoms with Gasteiger partial charge >= 0.3 is 0 Å². The number of ether oxygens (including phenoxy) is 1. The molecule has 0 heterocycles. The molecule has 0 aliphatic heterocycles. The summed E-state index contributed by atoms with van der Waals surface area (Å²) in [6.07, 6.45) is 0. The van der Waals surface area contributed by atoms with Gasteiger partial charge in [-0.15, -0.1) is 0 Å². The molecular weight excluding hydrogens is 287 g/mol. The van der Waals surface area contributed by atoms with Gasteiger partial charge in [0.15, 0.2) is 6.04 Å². The van der Waals surface area contributed by atoms with Crippen LogP contribution in [0.3, 0.4) is 0 Å². The van der Waals surface area contributed by atoms with Crippen molar-refractivity contribution in [3.8, 4) is 0 Å². The fraction of sp³-hybridized carbons (Fsp3) is 0.462. The fourth-order valence-corrected chi connectivity index (χ4v) is 2.08. The number of nitrogens with two attached hydrogens (primary N) is 1. The molecule has 0 radical (unpaired) electrons. The minimum absolute atomic E-state index is 0.118. The maximum atomic E-state index is 12.0. The van der Waals surface area contributed by atoms with E-state index in [1.807, 2.05) is 19.2 Å². The van der Waals surface area contributed by atoms with Gasteiger partial charge in [-0.1, -0.05) is 23.2 Å². The molecule has 3 N–H and O–H groups in total. The van der Waals surface area contributed by atoms with E-state index in [1.165, 1.54) is 0 Å². The van der Waals surface area contributed by atoms with Crippen LogP contribution in [-0.4, -0.2) is 31.7 Å². The van der Waals surface area contributed by atoms with Gasteiger partial charge in [-0.2, -0.15) is 0 Å². The summed E-state index contributed by atoms with van der Waals surface area (Å²) >= 11 is 11.9. The Kier molecular flexibility index (Phi) is 6.58. The SMILES string of the molecule is COC[C@@H](C)[NH2+][C@@H](C)C(=O)Nc1cc(Cl)ccc1Cl. The molecule has 0 aromatic heterocycles. The number of amides is 1. The molecule has 106 valence electrons. The fourth-order valence-electron chi connectivity index (χ4n) is 1.74. The highest BCUT2D eigenvalue weighted by Gasteiger charge is 2.20. The Morgan fingerprint density at radius 1 is 1.42 bits per heavy atom. The number of quaternary nitrogens is 1. The van der Waals surface area contributed by atoms with Gasteiger partial charge in [0.1, 0.15) is 6.04 Å². The van der Waals surface area contributed by atoms with E-state index in [4.69, 9.17) is 27.9 Å². The zero-order valence-corrected chi connectivity index (χ0v) is 12.8. The molecule has 1 aromatic rings. The highest BCUT2D eigenvalue weighted by Crippen LogP contribution is 2.25. The smallest absolute Gasteiger partial charge is 0.282 e. The van der Waals surface area contributed by atoms with Gasteiger partial charge < -0.3 is 15.4 Å². The summed E-state index contributed by atoms with van der Waals surface area (Å²) in [6, 6.07) is 4.94. The van der Waals surface area contributed by atoms with Crippen molar-refractivity contribution in [1.82, 2.24) is 0 Å². The third-order valence-electron chi connectivity index (χ3n) is 2.65. The average molecular weight is 306 g/mol. The Labute approximate surface area is 123 Å². The molecule has 0 unspecified atom stereocenters. The number of carbonyl (C=O) groups excluding carboxylic acids is 1. The highest BCUT2D eigenvalue weighted by atomic mass is 35.5. The van der Waals surface area contributed by atoms with Crippen LogP contribution in [0.5, 0.6) is 0 Å². The number of anilines is 1. The molecule has 0 saturated carbocycles. The molecule has 0 aliphatic carbocycles. The Morgan fingerprint density at radius 3 is 2.74 bits per heavy atom. The number of halogens is 2. The molecular formula is C13H19Cl2N2O2+. The zero-order chi connectivity index (χ0) is 14.4. The molecule has 1 amide bonds. The molecule has 0 aliphatic rings. The Morgan fingerprint density at radius 2 is 2.11 bits per heavy atom. The molecule has 0 bridgehead atoms. The molecule has 4 nitrogen and oxygen atoms in total. The lowest BCUT2D eigenvalue weighted by Gasteiger charge is -2.16. The molecule has 2 atom stereocenters. The minimum Gasteiger partial charge on any atom is -0.379 e. The van der Waals surface area contributed by atoms with Gasteiger partial charge in [-0.05, 0) is 32.0 Å². The van der Waals surface area contributed by atoms with E-state index in [2.05, 4.69) is 5.32 Å². The first kappa shape index (κ1) is 16.2. The van der Waals surface area contributed by atoms with Gasteiger partial charge in [0.25, 0.3) is 5.91 Å². The standard InChI is InChI=1S/C13H18Cl2N2O2/c1-8(7-19-3)16-9(2)13(18)17-12-6-10(14)4-5-11(12)15/h4-6,8-9,16H,7H2,1-3H3,(H,17,18)/p+1/t8-,9+/m1/s1. The quantitative estimate of drug-likeness (QED) is 0.843. The zero-order valence-electron chi connectivity index (χ0n) is 11.2. The van der Waals surface area contributed by atoms with Gasteiger partial charge in [-0.25, -0.2) is 0 Å². The van der Waals surface area contributed by atoms with Crippen LogP contribution in [0.25, 0.3) is 0 Å². The van der Waals surface area contributed by atoms with Crippen LogP contribution >= 0.6 is 23.2 Å². The van der Waals surface area contributed by atoms with Crippen LogP contribution in [0.4, 0.5) is 5.69 Å². The largest absolute Gasteiger partial charge is 0.379 e. The van der Waals surface area contributed by atoms with Crippen molar-refractivity contribution in [3.05, 3.63) is 28.2 Å². The molecule has 0 fully saturated rings. The molecule has 0 spiro atoms. The summed E-state index contributed by atoms with van der Waals surface area (Å²) in [5.41, 5.74) is 0.527. The first-order chi connectivity index (χ1) is 8.93. The lowest BCUT2D eigenvalue weighted by atomic mass is 10.2. The maximum absolute atomic E-state index is 12.0. The monoisotopic (exact) mass is 305 g/mol.